The average molecular weight is 405 g/mol. The molecule has 0 saturated carbocycles. The Morgan fingerprint density at radius 1 is 0.967 bits per heavy atom. The fraction of sp³-hybridized carbons (Fsp3) is 0.280. The Kier molecular flexibility index (Phi) is 7.44. The molecule has 5 nitrogen and oxygen atoms in total. The van der Waals surface area contributed by atoms with E-state index in [1.165, 1.54) is 0 Å². The van der Waals surface area contributed by atoms with Crippen LogP contribution >= 0.6 is 0 Å². The van der Waals surface area contributed by atoms with E-state index in [9.17, 15) is 9.59 Å². The molecule has 1 atom stereocenters. The van der Waals surface area contributed by atoms with Gasteiger partial charge in [-0.15, -0.1) is 0 Å². The number of fused-ring (bicyclic) bond motifs is 1. The quantitative estimate of drug-likeness (QED) is 0.583. The first-order chi connectivity index (χ1) is 14.6. The molecule has 0 bridgehead atoms. The summed E-state index contributed by atoms with van der Waals surface area (Å²) in [5.41, 5.74) is 0.964. The van der Waals surface area contributed by atoms with E-state index in [-0.39, 0.29) is 18.4 Å². The van der Waals surface area contributed by atoms with E-state index in [0.29, 0.717) is 18.8 Å². The zero-order valence-electron chi connectivity index (χ0n) is 17.5. The van der Waals surface area contributed by atoms with Gasteiger partial charge in [-0.05, 0) is 30.4 Å². The van der Waals surface area contributed by atoms with Crippen molar-refractivity contribution in [1.29, 1.82) is 0 Å². The van der Waals surface area contributed by atoms with Gasteiger partial charge in [0.2, 0.25) is 5.91 Å². The Morgan fingerprint density at radius 2 is 1.67 bits per heavy atom. The van der Waals surface area contributed by atoms with Gasteiger partial charge in [-0.25, -0.2) is 0 Å². The second-order valence-corrected chi connectivity index (χ2v) is 7.24. The summed E-state index contributed by atoms with van der Waals surface area (Å²) in [6, 6.07) is 22.7. The molecule has 0 aliphatic heterocycles. The highest BCUT2D eigenvalue weighted by molar-refractivity contribution is 5.90. The minimum Gasteiger partial charge on any atom is -0.483 e. The van der Waals surface area contributed by atoms with E-state index in [2.05, 4.69) is 5.32 Å². The van der Waals surface area contributed by atoms with Crippen LogP contribution in [0, 0.1) is 0 Å². The minimum atomic E-state index is -0.597. The van der Waals surface area contributed by atoms with Gasteiger partial charge in [0.05, 0.1) is 0 Å². The Balaban J connectivity index is 1.76. The number of nitrogens with zero attached hydrogens (tertiary/aromatic N) is 1. The van der Waals surface area contributed by atoms with Crippen LogP contribution in [0.3, 0.4) is 0 Å². The molecule has 2 amide bonds. The summed E-state index contributed by atoms with van der Waals surface area (Å²) in [5, 5.41) is 4.88. The minimum absolute atomic E-state index is 0.133. The van der Waals surface area contributed by atoms with Gasteiger partial charge in [-0.2, -0.15) is 0 Å². The molecule has 0 aromatic heterocycles. The predicted octanol–water partition coefficient (Wildman–Crippen LogP) is 4.16. The van der Waals surface area contributed by atoms with Crippen molar-refractivity contribution in [2.45, 2.75) is 32.9 Å². The van der Waals surface area contributed by atoms with Crippen molar-refractivity contribution in [2.75, 3.05) is 13.2 Å². The summed E-state index contributed by atoms with van der Waals surface area (Å²) in [5.74, 6) is 0.265. The molecular formula is C25H28N2O3. The van der Waals surface area contributed by atoms with Crippen molar-refractivity contribution in [3.8, 4) is 5.75 Å². The lowest BCUT2D eigenvalue weighted by molar-refractivity contribution is -0.142. The van der Waals surface area contributed by atoms with Crippen LogP contribution in [0.15, 0.2) is 72.8 Å². The second kappa shape index (κ2) is 10.4. The predicted molar refractivity (Wildman–Crippen MR) is 119 cm³/mol. The van der Waals surface area contributed by atoms with E-state index in [1.807, 2.05) is 79.7 Å². The number of benzene rings is 3. The van der Waals surface area contributed by atoms with Gasteiger partial charge in [0, 0.05) is 18.5 Å². The van der Waals surface area contributed by atoms with Gasteiger partial charge in [0.25, 0.3) is 5.91 Å². The fourth-order valence-electron chi connectivity index (χ4n) is 3.30. The number of carbonyl (C=O) groups excluding carboxylic acids is 2. The van der Waals surface area contributed by atoms with Gasteiger partial charge in [-0.1, -0.05) is 73.7 Å². The molecule has 1 unspecified atom stereocenters. The van der Waals surface area contributed by atoms with E-state index in [1.54, 1.807) is 11.8 Å². The van der Waals surface area contributed by atoms with E-state index in [4.69, 9.17) is 4.74 Å². The van der Waals surface area contributed by atoms with Gasteiger partial charge in [0.1, 0.15) is 11.8 Å². The van der Waals surface area contributed by atoms with Crippen LogP contribution in [0.4, 0.5) is 0 Å². The lowest BCUT2D eigenvalue weighted by Crippen LogP contribution is -2.49. The van der Waals surface area contributed by atoms with Crippen molar-refractivity contribution >= 4 is 22.6 Å². The molecule has 0 fully saturated rings. The van der Waals surface area contributed by atoms with Crippen LogP contribution in [-0.4, -0.2) is 35.9 Å². The number of carbonyl (C=O) groups is 2. The van der Waals surface area contributed by atoms with E-state index in [0.717, 1.165) is 22.8 Å². The molecule has 156 valence electrons. The maximum absolute atomic E-state index is 13.1. The molecule has 0 spiro atoms. The summed E-state index contributed by atoms with van der Waals surface area (Å²) in [4.78, 5) is 27.2. The molecular weight excluding hydrogens is 376 g/mol. The molecule has 5 heteroatoms. The lowest BCUT2D eigenvalue weighted by Gasteiger charge is -2.28. The third kappa shape index (κ3) is 5.38. The molecule has 30 heavy (non-hydrogen) atoms. The lowest BCUT2D eigenvalue weighted by atomic mass is 10.1. The summed E-state index contributed by atoms with van der Waals surface area (Å²) < 4.78 is 5.89. The second-order valence-electron chi connectivity index (χ2n) is 7.24. The zero-order valence-corrected chi connectivity index (χ0v) is 17.5. The third-order valence-corrected chi connectivity index (χ3v) is 5.01. The topological polar surface area (TPSA) is 58.6 Å². The highest BCUT2D eigenvalue weighted by Gasteiger charge is 2.26. The molecule has 0 aliphatic carbocycles. The Hall–Kier alpha value is -3.34. The van der Waals surface area contributed by atoms with Gasteiger partial charge >= 0.3 is 0 Å². The van der Waals surface area contributed by atoms with Crippen LogP contribution in [0.2, 0.25) is 0 Å². The SMILES string of the molecule is CCCNC(=O)C(C)N(Cc1ccccc1)C(=O)COc1cccc2ccccc12. The summed E-state index contributed by atoms with van der Waals surface area (Å²) >= 11 is 0. The Bertz CT molecular complexity index is 983. The van der Waals surface area contributed by atoms with Gasteiger partial charge in [0.15, 0.2) is 6.61 Å². The van der Waals surface area contributed by atoms with Crippen LogP contribution in [0.1, 0.15) is 25.8 Å². The maximum atomic E-state index is 13.1. The normalized spacial score (nSPS) is 11.7. The fourth-order valence-corrected chi connectivity index (χ4v) is 3.30. The van der Waals surface area contributed by atoms with Gasteiger partial charge in [-0.3, -0.25) is 9.59 Å². The molecule has 0 radical (unpaired) electrons. The van der Waals surface area contributed by atoms with Crippen molar-refractivity contribution in [3.63, 3.8) is 0 Å². The van der Waals surface area contributed by atoms with E-state index >= 15 is 0 Å². The summed E-state index contributed by atoms with van der Waals surface area (Å²) in [6.07, 6.45) is 0.843. The van der Waals surface area contributed by atoms with Gasteiger partial charge < -0.3 is 15.0 Å². The zero-order chi connectivity index (χ0) is 21.3. The van der Waals surface area contributed by atoms with Crippen molar-refractivity contribution in [1.82, 2.24) is 10.2 Å². The number of rotatable bonds is 9. The third-order valence-electron chi connectivity index (χ3n) is 5.01. The smallest absolute Gasteiger partial charge is 0.261 e. The molecule has 3 rings (SSSR count). The largest absolute Gasteiger partial charge is 0.483 e. The highest BCUT2D eigenvalue weighted by atomic mass is 16.5. The monoisotopic (exact) mass is 404 g/mol. The molecule has 0 heterocycles. The van der Waals surface area contributed by atoms with Crippen LogP contribution < -0.4 is 10.1 Å². The summed E-state index contributed by atoms with van der Waals surface area (Å²) in [7, 11) is 0. The summed E-state index contributed by atoms with van der Waals surface area (Å²) in [6.45, 7) is 4.55. The van der Waals surface area contributed by atoms with Crippen molar-refractivity contribution in [2.24, 2.45) is 0 Å². The number of ether oxygens (including phenoxy) is 1. The number of nitrogens with one attached hydrogen (secondary N) is 1. The average Bonchev–Trinajstić information content (AvgIpc) is 2.79. The van der Waals surface area contributed by atoms with Crippen molar-refractivity contribution < 1.29 is 14.3 Å². The molecule has 3 aromatic carbocycles. The van der Waals surface area contributed by atoms with Crippen molar-refractivity contribution in [3.05, 3.63) is 78.4 Å². The Labute approximate surface area is 177 Å². The van der Waals surface area contributed by atoms with Crippen LogP contribution in [0.5, 0.6) is 5.75 Å². The van der Waals surface area contributed by atoms with Crippen LogP contribution in [0.25, 0.3) is 10.8 Å². The maximum Gasteiger partial charge on any atom is 0.261 e. The standard InChI is InChI=1S/C25H28N2O3/c1-3-16-26-25(29)19(2)27(17-20-10-5-4-6-11-20)24(28)18-30-23-15-9-13-21-12-7-8-14-22(21)23/h4-15,19H,3,16-18H2,1-2H3,(H,26,29). The first-order valence-electron chi connectivity index (χ1n) is 10.3. The molecule has 1 N–H and O–H groups in total. The van der Waals surface area contributed by atoms with E-state index < -0.39 is 6.04 Å². The number of hydrogen-bond donors (Lipinski definition) is 1. The number of hydrogen-bond acceptors (Lipinski definition) is 3. The first kappa shape index (κ1) is 21.4. The number of amides is 2. The molecule has 0 saturated heterocycles. The van der Waals surface area contributed by atoms with Crippen LogP contribution in [-0.2, 0) is 16.1 Å². The highest BCUT2D eigenvalue weighted by Crippen LogP contribution is 2.25. The molecule has 0 aliphatic rings. The first-order valence-corrected chi connectivity index (χ1v) is 10.3. The Morgan fingerprint density at radius 3 is 2.43 bits per heavy atom. The molecule has 3 aromatic rings.